The number of carbonyl (C=O) groups excluding carboxylic acids is 1. The van der Waals surface area contributed by atoms with E-state index in [4.69, 9.17) is 0 Å². The average Bonchev–Trinajstić information content (AvgIpc) is 3.18. The van der Waals surface area contributed by atoms with Crippen LogP contribution < -0.4 is 4.90 Å². The summed E-state index contributed by atoms with van der Waals surface area (Å²) in [5.41, 5.74) is 2.42. The number of hydrogen-bond acceptors (Lipinski definition) is 3. The molecule has 1 fully saturated rings. The lowest BCUT2D eigenvalue weighted by atomic mass is 10.2. The van der Waals surface area contributed by atoms with Crippen molar-refractivity contribution in [1.82, 2.24) is 9.47 Å². The summed E-state index contributed by atoms with van der Waals surface area (Å²) in [5, 5.41) is 2.03. The van der Waals surface area contributed by atoms with Crippen molar-refractivity contribution in [2.75, 3.05) is 31.1 Å². The molecule has 4 rings (SSSR count). The van der Waals surface area contributed by atoms with Crippen molar-refractivity contribution in [3.8, 4) is 0 Å². The fraction of sp³-hybridized carbons (Fsp3) is 0.278. The largest absolute Gasteiger partial charge is 0.366 e. The van der Waals surface area contributed by atoms with Crippen LogP contribution in [0.4, 0.5) is 10.1 Å². The Morgan fingerprint density at radius 1 is 1.12 bits per heavy atom. The molecule has 24 heavy (non-hydrogen) atoms. The molecule has 0 atom stereocenters. The molecule has 1 aliphatic rings. The molecule has 0 N–H and O–H groups in total. The molecule has 4 nitrogen and oxygen atoms in total. The molecule has 1 saturated heterocycles. The van der Waals surface area contributed by atoms with Crippen LogP contribution in [-0.4, -0.2) is 41.6 Å². The highest BCUT2D eigenvalue weighted by Gasteiger charge is 2.25. The number of carbonyl (C=O) groups is 1. The summed E-state index contributed by atoms with van der Waals surface area (Å²) in [6.45, 7) is 2.49. The summed E-state index contributed by atoms with van der Waals surface area (Å²) in [4.78, 5) is 16.7. The first-order chi connectivity index (χ1) is 11.6. The molecule has 0 spiro atoms. The quantitative estimate of drug-likeness (QED) is 0.714. The number of halogens is 1. The van der Waals surface area contributed by atoms with Gasteiger partial charge in [0.15, 0.2) is 0 Å². The number of fused-ring (bicyclic) bond motifs is 1. The fourth-order valence-corrected chi connectivity index (χ4v) is 4.12. The van der Waals surface area contributed by atoms with Gasteiger partial charge in [0, 0.05) is 33.2 Å². The zero-order valence-electron chi connectivity index (χ0n) is 13.4. The third kappa shape index (κ3) is 2.47. The number of aromatic nitrogens is 1. The summed E-state index contributed by atoms with van der Waals surface area (Å²) < 4.78 is 17.0. The van der Waals surface area contributed by atoms with Crippen molar-refractivity contribution < 1.29 is 9.18 Å². The minimum atomic E-state index is -0.208. The maximum Gasteiger partial charge on any atom is 0.270 e. The zero-order valence-corrected chi connectivity index (χ0v) is 14.2. The van der Waals surface area contributed by atoms with Crippen molar-refractivity contribution in [3.63, 3.8) is 0 Å². The predicted octanol–water partition coefficient (Wildman–Crippen LogP) is 3.34. The van der Waals surface area contributed by atoms with E-state index in [-0.39, 0.29) is 11.7 Å². The van der Waals surface area contributed by atoms with Gasteiger partial charge in [-0.1, -0.05) is 12.1 Å². The fourth-order valence-electron chi connectivity index (χ4n) is 3.28. The molecule has 0 aliphatic carbocycles. The number of hydrogen-bond donors (Lipinski definition) is 0. The number of amides is 1. The van der Waals surface area contributed by atoms with Crippen molar-refractivity contribution >= 4 is 33.1 Å². The topological polar surface area (TPSA) is 28.5 Å². The molecule has 1 amide bonds. The predicted molar refractivity (Wildman–Crippen MR) is 95.3 cm³/mol. The van der Waals surface area contributed by atoms with Crippen molar-refractivity contribution in [2.24, 2.45) is 7.05 Å². The molecular weight excluding hydrogens is 325 g/mol. The smallest absolute Gasteiger partial charge is 0.270 e. The van der Waals surface area contributed by atoms with Crippen molar-refractivity contribution in [1.29, 1.82) is 0 Å². The van der Waals surface area contributed by atoms with E-state index in [2.05, 4.69) is 0 Å². The Balaban J connectivity index is 1.49. The maximum atomic E-state index is 13.9. The molecule has 1 aromatic carbocycles. The van der Waals surface area contributed by atoms with Crippen LogP contribution in [0.25, 0.3) is 10.2 Å². The first-order valence-corrected chi connectivity index (χ1v) is 8.85. The lowest BCUT2D eigenvalue weighted by molar-refractivity contribution is 0.0737. The second-order valence-electron chi connectivity index (χ2n) is 5.99. The number of rotatable bonds is 2. The van der Waals surface area contributed by atoms with Gasteiger partial charge in [0.2, 0.25) is 0 Å². The van der Waals surface area contributed by atoms with Gasteiger partial charge in [0.1, 0.15) is 11.5 Å². The van der Waals surface area contributed by atoms with Crippen LogP contribution in [0.5, 0.6) is 0 Å². The van der Waals surface area contributed by atoms with E-state index in [0.29, 0.717) is 31.9 Å². The highest BCUT2D eigenvalue weighted by Crippen LogP contribution is 2.26. The van der Waals surface area contributed by atoms with Crippen LogP contribution in [0.2, 0.25) is 0 Å². The van der Waals surface area contributed by atoms with Gasteiger partial charge in [-0.15, -0.1) is 11.3 Å². The number of nitrogens with zero attached hydrogens (tertiary/aromatic N) is 3. The molecule has 2 aromatic heterocycles. The minimum Gasteiger partial charge on any atom is -0.366 e. The second-order valence-corrected chi connectivity index (χ2v) is 6.94. The van der Waals surface area contributed by atoms with E-state index < -0.39 is 0 Å². The second kappa shape index (κ2) is 5.94. The summed E-state index contributed by atoms with van der Waals surface area (Å²) in [6.07, 6.45) is 0. The maximum absolute atomic E-state index is 13.9. The number of para-hydroxylation sites is 1. The summed E-state index contributed by atoms with van der Waals surface area (Å²) in [7, 11) is 1.93. The normalized spacial score (nSPS) is 15.2. The zero-order chi connectivity index (χ0) is 16.7. The van der Waals surface area contributed by atoms with Crippen LogP contribution in [-0.2, 0) is 7.05 Å². The van der Waals surface area contributed by atoms with E-state index in [1.165, 1.54) is 6.07 Å². The highest BCUT2D eigenvalue weighted by molar-refractivity contribution is 7.17. The van der Waals surface area contributed by atoms with Crippen molar-refractivity contribution in [2.45, 2.75) is 0 Å². The van der Waals surface area contributed by atoms with Gasteiger partial charge in [0.05, 0.1) is 15.9 Å². The Kier molecular flexibility index (Phi) is 3.76. The average molecular weight is 343 g/mol. The van der Waals surface area contributed by atoms with Gasteiger partial charge in [-0.05, 0) is 29.6 Å². The van der Waals surface area contributed by atoms with Gasteiger partial charge in [-0.2, -0.15) is 0 Å². The van der Waals surface area contributed by atoms with Crippen molar-refractivity contribution in [3.05, 3.63) is 53.3 Å². The minimum absolute atomic E-state index is 0.0501. The molecule has 0 radical (unpaired) electrons. The Morgan fingerprint density at radius 2 is 1.88 bits per heavy atom. The number of anilines is 1. The van der Waals surface area contributed by atoms with Gasteiger partial charge < -0.3 is 14.4 Å². The number of thiophene rings is 1. The van der Waals surface area contributed by atoms with Crippen LogP contribution in [0.3, 0.4) is 0 Å². The van der Waals surface area contributed by atoms with E-state index in [9.17, 15) is 9.18 Å². The van der Waals surface area contributed by atoms with Crippen LogP contribution in [0.1, 0.15) is 10.5 Å². The molecule has 0 saturated carbocycles. The Morgan fingerprint density at radius 3 is 2.58 bits per heavy atom. The van der Waals surface area contributed by atoms with Crippen LogP contribution in [0, 0.1) is 5.82 Å². The molecule has 0 unspecified atom stereocenters. The lowest BCUT2D eigenvalue weighted by Gasteiger charge is -2.36. The highest BCUT2D eigenvalue weighted by atomic mass is 32.1. The van der Waals surface area contributed by atoms with E-state index >= 15 is 0 Å². The molecule has 3 heterocycles. The van der Waals surface area contributed by atoms with E-state index in [1.807, 2.05) is 45.0 Å². The third-order valence-corrected chi connectivity index (χ3v) is 5.50. The summed E-state index contributed by atoms with van der Waals surface area (Å²) in [5.74, 6) is -0.158. The van der Waals surface area contributed by atoms with E-state index in [0.717, 1.165) is 15.9 Å². The number of aryl methyl sites for hydroxylation is 1. The Labute approximate surface area is 143 Å². The monoisotopic (exact) mass is 343 g/mol. The SMILES string of the molecule is Cn1c(C(=O)N2CCN(c3ccccc3F)CC2)cc2sccc21. The number of piperazine rings is 1. The lowest BCUT2D eigenvalue weighted by Crippen LogP contribution is -2.49. The van der Waals surface area contributed by atoms with Gasteiger partial charge in [-0.3, -0.25) is 4.79 Å². The van der Waals surface area contributed by atoms with Crippen LogP contribution in [0.15, 0.2) is 41.8 Å². The number of benzene rings is 1. The standard InChI is InChI=1S/C18H18FN3OS/c1-20-15-6-11-24-17(15)12-16(20)18(23)22-9-7-21(8-10-22)14-5-3-2-4-13(14)19/h2-6,11-12H,7-10H2,1H3. The molecule has 3 aromatic rings. The molecule has 0 bridgehead atoms. The molecule has 1 aliphatic heterocycles. The first kappa shape index (κ1) is 15.2. The summed E-state index contributed by atoms with van der Waals surface area (Å²) >= 11 is 1.64. The van der Waals surface area contributed by atoms with E-state index in [1.54, 1.807) is 23.5 Å². The Hall–Kier alpha value is -2.34. The van der Waals surface area contributed by atoms with Gasteiger partial charge in [-0.25, -0.2) is 4.39 Å². The molecule has 6 heteroatoms. The van der Waals surface area contributed by atoms with Gasteiger partial charge in [0.25, 0.3) is 5.91 Å². The Bertz CT molecular complexity index is 893. The van der Waals surface area contributed by atoms with Crippen LogP contribution >= 0.6 is 11.3 Å². The molecular formula is C18H18FN3OS. The summed E-state index contributed by atoms with van der Waals surface area (Å²) in [6, 6.07) is 10.8. The van der Waals surface area contributed by atoms with Gasteiger partial charge >= 0.3 is 0 Å². The molecule has 124 valence electrons. The third-order valence-electron chi connectivity index (χ3n) is 4.64. The first-order valence-electron chi connectivity index (χ1n) is 7.97.